The third-order valence-electron chi connectivity index (χ3n) is 3.79. The predicted octanol–water partition coefficient (Wildman–Crippen LogP) is -0.452. The molecule has 2 rings (SSSR count). The van der Waals surface area contributed by atoms with Crippen molar-refractivity contribution in [3.8, 4) is 0 Å². The minimum Gasteiger partial charge on any atom is -0.387 e. The molecule has 0 aliphatic carbocycles. The van der Waals surface area contributed by atoms with Crippen LogP contribution in [0.4, 0.5) is 0 Å². The SMILES string of the molecule is CC(C)C1(O)CN(CC(=O)N2CCOCC2)C1. The minimum absolute atomic E-state index is 0.152. The van der Waals surface area contributed by atoms with Gasteiger partial charge in [-0.25, -0.2) is 0 Å². The number of aliphatic hydroxyl groups is 1. The smallest absolute Gasteiger partial charge is 0.236 e. The van der Waals surface area contributed by atoms with Crippen molar-refractivity contribution in [1.29, 1.82) is 0 Å². The first-order valence-corrected chi connectivity index (χ1v) is 6.31. The average Bonchev–Trinajstić information content (AvgIpc) is 2.27. The van der Waals surface area contributed by atoms with Crippen molar-refractivity contribution >= 4 is 5.91 Å². The quantitative estimate of drug-likeness (QED) is 0.728. The van der Waals surface area contributed by atoms with Crippen LogP contribution in [0.15, 0.2) is 0 Å². The van der Waals surface area contributed by atoms with Gasteiger partial charge in [-0.1, -0.05) is 13.8 Å². The van der Waals surface area contributed by atoms with Gasteiger partial charge in [-0.2, -0.15) is 0 Å². The molecule has 1 amide bonds. The summed E-state index contributed by atoms with van der Waals surface area (Å²) in [6.45, 7) is 8.35. The molecule has 2 fully saturated rings. The maximum absolute atomic E-state index is 11.9. The second-order valence-corrected chi connectivity index (χ2v) is 5.40. The van der Waals surface area contributed by atoms with Gasteiger partial charge < -0.3 is 14.7 Å². The predicted molar refractivity (Wildman–Crippen MR) is 63.6 cm³/mol. The van der Waals surface area contributed by atoms with Gasteiger partial charge in [0.1, 0.15) is 0 Å². The lowest BCUT2D eigenvalue weighted by atomic mass is 9.83. The first-order valence-electron chi connectivity index (χ1n) is 6.31. The second kappa shape index (κ2) is 4.92. The van der Waals surface area contributed by atoms with Crippen LogP contribution in [0.25, 0.3) is 0 Å². The van der Waals surface area contributed by atoms with Crippen LogP contribution < -0.4 is 0 Å². The molecule has 0 unspecified atom stereocenters. The molecule has 1 N–H and O–H groups in total. The largest absolute Gasteiger partial charge is 0.387 e. The highest BCUT2D eigenvalue weighted by Gasteiger charge is 2.44. The molecule has 2 aliphatic rings. The molecule has 98 valence electrons. The highest BCUT2D eigenvalue weighted by Crippen LogP contribution is 2.28. The van der Waals surface area contributed by atoms with Crippen molar-refractivity contribution < 1.29 is 14.6 Å². The number of β-amino-alcohol motifs (C(OH)–C–C–N with tert-alkyl or cyclic N) is 1. The molecule has 2 heterocycles. The number of hydrogen-bond donors (Lipinski definition) is 1. The van der Waals surface area contributed by atoms with E-state index < -0.39 is 5.60 Å². The number of likely N-dealkylation sites (tertiary alicyclic amines) is 1. The van der Waals surface area contributed by atoms with Gasteiger partial charge in [0.15, 0.2) is 0 Å². The Morgan fingerprint density at radius 3 is 2.47 bits per heavy atom. The van der Waals surface area contributed by atoms with Crippen molar-refractivity contribution in [2.45, 2.75) is 19.4 Å². The monoisotopic (exact) mass is 242 g/mol. The Hall–Kier alpha value is -0.650. The lowest BCUT2D eigenvalue weighted by molar-refractivity contribution is -0.151. The summed E-state index contributed by atoms with van der Waals surface area (Å²) in [4.78, 5) is 15.8. The van der Waals surface area contributed by atoms with Crippen LogP contribution in [0, 0.1) is 5.92 Å². The summed E-state index contributed by atoms with van der Waals surface area (Å²) >= 11 is 0. The molecule has 5 heteroatoms. The van der Waals surface area contributed by atoms with Gasteiger partial charge in [-0.3, -0.25) is 9.69 Å². The van der Waals surface area contributed by atoms with Crippen LogP contribution in [0.3, 0.4) is 0 Å². The molecule has 0 atom stereocenters. The molecule has 17 heavy (non-hydrogen) atoms. The topological polar surface area (TPSA) is 53.0 Å². The van der Waals surface area contributed by atoms with E-state index in [0.717, 1.165) is 0 Å². The van der Waals surface area contributed by atoms with Crippen molar-refractivity contribution in [3.63, 3.8) is 0 Å². The summed E-state index contributed by atoms with van der Waals surface area (Å²) < 4.78 is 5.21. The summed E-state index contributed by atoms with van der Waals surface area (Å²) in [6, 6.07) is 0. The molecule has 0 spiro atoms. The van der Waals surface area contributed by atoms with Gasteiger partial charge in [0.2, 0.25) is 5.91 Å². The maximum atomic E-state index is 11.9. The second-order valence-electron chi connectivity index (χ2n) is 5.40. The number of carbonyl (C=O) groups is 1. The van der Waals surface area contributed by atoms with E-state index in [1.807, 2.05) is 23.6 Å². The van der Waals surface area contributed by atoms with E-state index in [4.69, 9.17) is 4.74 Å². The first-order chi connectivity index (χ1) is 8.01. The molecule has 2 saturated heterocycles. The third kappa shape index (κ3) is 2.78. The Kier molecular flexibility index (Phi) is 3.70. The van der Waals surface area contributed by atoms with Crippen LogP contribution in [0.1, 0.15) is 13.8 Å². The Morgan fingerprint density at radius 2 is 1.94 bits per heavy atom. The van der Waals surface area contributed by atoms with Gasteiger partial charge >= 0.3 is 0 Å². The summed E-state index contributed by atoms with van der Waals surface area (Å²) in [5.74, 6) is 0.399. The van der Waals surface area contributed by atoms with E-state index in [-0.39, 0.29) is 11.8 Å². The Bertz CT molecular complexity index is 281. The summed E-state index contributed by atoms with van der Waals surface area (Å²) in [5, 5.41) is 10.1. The molecular formula is C12H22N2O3. The van der Waals surface area contributed by atoms with Gasteiger partial charge in [0, 0.05) is 26.2 Å². The number of carbonyl (C=O) groups excluding carboxylic acids is 1. The van der Waals surface area contributed by atoms with Crippen molar-refractivity contribution in [2.75, 3.05) is 45.9 Å². The van der Waals surface area contributed by atoms with E-state index in [2.05, 4.69) is 0 Å². The first kappa shape index (κ1) is 12.8. The Morgan fingerprint density at radius 1 is 1.35 bits per heavy atom. The zero-order valence-electron chi connectivity index (χ0n) is 10.7. The highest BCUT2D eigenvalue weighted by atomic mass is 16.5. The summed E-state index contributed by atoms with van der Waals surface area (Å²) in [7, 11) is 0. The van der Waals surface area contributed by atoms with Crippen molar-refractivity contribution in [1.82, 2.24) is 9.80 Å². The number of ether oxygens (including phenoxy) is 1. The van der Waals surface area contributed by atoms with Crippen molar-refractivity contribution in [2.24, 2.45) is 5.92 Å². The van der Waals surface area contributed by atoms with E-state index in [9.17, 15) is 9.90 Å². The standard InChI is InChI=1S/C12H22N2O3/c1-10(2)12(16)8-13(9-12)7-11(15)14-3-5-17-6-4-14/h10,16H,3-9H2,1-2H3. The van der Waals surface area contributed by atoms with Gasteiger partial charge in [0.05, 0.1) is 25.4 Å². The zero-order chi connectivity index (χ0) is 12.5. The number of amides is 1. The van der Waals surface area contributed by atoms with Crippen molar-refractivity contribution in [3.05, 3.63) is 0 Å². The highest BCUT2D eigenvalue weighted by molar-refractivity contribution is 5.78. The van der Waals surface area contributed by atoms with E-state index in [0.29, 0.717) is 45.9 Å². The molecule has 0 aromatic heterocycles. The van der Waals surface area contributed by atoms with Gasteiger partial charge in [0.25, 0.3) is 0 Å². The molecule has 0 saturated carbocycles. The lowest BCUT2D eigenvalue weighted by Gasteiger charge is -2.49. The molecule has 0 aromatic carbocycles. The fraction of sp³-hybridized carbons (Fsp3) is 0.917. The molecule has 0 aromatic rings. The van der Waals surface area contributed by atoms with Crippen LogP contribution in [-0.2, 0) is 9.53 Å². The molecular weight excluding hydrogens is 220 g/mol. The Balaban J connectivity index is 1.74. The molecule has 2 aliphatic heterocycles. The van der Waals surface area contributed by atoms with Gasteiger partial charge in [-0.15, -0.1) is 0 Å². The number of morpholine rings is 1. The maximum Gasteiger partial charge on any atom is 0.236 e. The normalized spacial score (nSPS) is 24.8. The fourth-order valence-corrected chi connectivity index (χ4v) is 2.31. The van der Waals surface area contributed by atoms with Gasteiger partial charge in [-0.05, 0) is 5.92 Å². The zero-order valence-corrected chi connectivity index (χ0v) is 10.7. The van der Waals surface area contributed by atoms with Crippen LogP contribution in [0.2, 0.25) is 0 Å². The Labute approximate surface area is 102 Å². The average molecular weight is 242 g/mol. The van der Waals surface area contributed by atoms with Crippen LogP contribution in [0.5, 0.6) is 0 Å². The van der Waals surface area contributed by atoms with Crippen LogP contribution >= 0.6 is 0 Å². The molecule has 0 bridgehead atoms. The molecule has 0 radical (unpaired) electrons. The lowest BCUT2D eigenvalue weighted by Crippen LogP contribution is -2.66. The van der Waals surface area contributed by atoms with Crippen LogP contribution in [-0.4, -0.2) is 72.4 Å². The van der Waals surface area contributed by atoms with E-state index in [1.54, 1.807) is 0 Å². The number of nitrogens with zero attached hydrogens (tertiary/aromatic N) is 2. The number of hydrogen-bond acceptors (Lipinski definition) is 4. The molecule has 5 nitrogen and oxygen atoms in total. The third-order valence-corrected chi connectivity index (χ3v) is 3.79. The van der Waals surface area contributed by atoms with E-state index in [1.165, 1.54) is 0 Å². The summed E-state index contributed by atoms with van der Waals surface area (Å²) in [6.07, 6.45) is 0. The summed E-state index contributed by atoms with van der Waals surface area (Å²) in [5.41, 5.74) is -0.592. The van der Waals surface area contributed by atoms with E-state index >= 15 is 0 Å². The fourth-order valence-electron chi connectivity index (χ4n) is 2.31. The number of rotatable bonds is 3. The minimum atomic E-state index is -0.592.